The lowest BCUT2D eigenvalue weighted by Gasteiger charge is -2.63. The zero-order valence-corrected chi connectivity index (χ0v) is 20.3. The Hall–Kier alpha value is -0.490. The molecule has 0 radical (unpaired) electrons. The van der Waals surface area contributed by atoms with E-state index in [1.54, 1.807) is 0 Å². The zero-order valence-electron chi connectivity index (χ0n) is 20.3. The monoisotopic (exact) mass is 446 g/mol. The molecule has 1 spiro atoms. The van der Waals surface area contributed by atoms with Crippen LogP contribution < -0.4 is 0 Å². The predicted octanol–water partition coefficient (Wildman–Crippen LogP) is 4.09. The van der Waals surface area contributed by atoms with Crippen LogP contribution in [0.1, 0.15) is 85.5 Å². The van der Waals surface area contributed by atoms with Gasteiger partial charge in [-0.1, -0.05) is 27.7 Å². The summed E-state index contributed by atoms with van der Waals surface area (Å²) in [5, 5.41) is 21.8. The molecule has 180 valence electrons. The number of aliphatic hydroxyl groups excluding tert-OH is 1. The van der Waals surface area contributed by atoms with Crippen molar-refractivity contribution in [3.05, 3.63) is 0 Å². The average molecular weight is 447 g/mol. The molecule has 5 heteroatoms. The van der Waals surface area contributed by atoms with Crippen LogP contribution in [-0.4, -0.2) is 46.2 Å². The second kappa shape index (κ2) is 6.80. The van der Waals surface area contributed by atoms with Gasteiger partial charge in [0.2, 0.25) is 0 Å². The lowest BCUT2D eigenvalue weighted by Crippen LogP contribution is -2.67. The van der Waals surface area contributed by atoms with Crippen molar-refractivity contribution < 1.29 is 24.5 Å². The third-order valence-electron chi connectivity index (χ3n) is 11.9. The van der Waals surface area contributed by atoms with E-state index in [4.69, 9.17) is 9.47 Å². The Morgan fingerprint density at radius 2 is 1.81 bits per heavy atom. The summed E-state index contributed by atoms with van der Waals surface area (Å²) in [6, 6.07) is 0. The molecule has 2 saturated heterocycles. The number of ketones is 1. The SMILES string of the molecule is CC1CC[C@@]2(OC1)O[C@H]1C[C@H]3[C@@H]4CC(=O)[C@@]5(O)C[C@H](O)CC[C@]5(C)[C@H]4CC[C@]3(C)[C@H]1[C@@H]2C. The minimum atomic E-state index is -1.35. The normalized spacial score (nSPS) is 61.8. The van der Waals surface area contributed by atoms with Gasteiger partial charge < -0.3 is 19.7 Å². The van der Waals surface area contributed by atoms with Crippen molar-refractivity contribution in [1.82, 2.24) is 0 Å². The van der Waals surface area contributed by atoms with Crippen LogP contribution in [0.5, 0.6) is 0 Å². The van der Waals surface area contributed by atoms with E-state index in [1.807, 2.05) is 0 Å². The Morgan fingerprint density at radius 3 is 2.53 bits per heavy atom. The minimum absolute atomic E-state index is 0.0173. The molecular formula is C27H42O5. The summed E-state index contributed by atoms with van der Waals surface area (Å²) < 4.78 is 13.2. The van der Waals surface area contributed by atoms with Gasteiger partial charge in [0.25, 0.3) is 0 Å². The van der Waals surface area contributed by atoms with E-state index >= 15 is 0 Å². The molecule has 2 heterocycles. The summed E-state index contributed by atoms with van der Waals surface area (Å²) >= 11 is 0. The van der Waals surface area contributed by atoms with Crippen molar-refractivity contribution in [3.63, 3.8) is 0 Å². The van der Waals surface area contributed by atoms with Crippen LogP contribution in [0.2, 0.25) is 0 Å². The van der Waals surface area contributed by atoms with E-state index < -0.39 is 22.9 Å². The van der Waals surface area contributed by atoms with Gasteiger partial charge in [-0.15, -0.1) is 0 Å². The Balaban J connectivity index is 1.30. The zero-order chi connectivity index (χ0) is 22.7. The topological polar surface area (TPSA) is 76.0 Å². The number of aliphatic hydroxyl groups is 2. The first kappa shape index (κ1) is 22.0. The molecule has 2 aliphatic heterocycles. The van der Waals surface area contributed by atoms with Gasteiger partial charge in [0, 0.05) is 30.6 Å². The van der Waals surface area contributed by atoms with Gasteiger partial charge in [-0.2, -0.15) is 0 Å². The average Bonchev–Trinajstić information content (AvgIpc) is 3.18. The number of ether oxygens (including phenoxy) is 2. The van der Waals surface area contributed by atoms with Gasteiger partial charge in [0.15, 0.2) is 11.6 Å². The van der Waals surface area contributed by atoms with Crippen LogP contribution in [0.3, 0.4) is 0 Å². The first-order valence-corrected chi connectivity index (χ1v) is 13.3. The second-order valence-electron chi connectivity index (χ2n) is 13.2. The summed E-state index contributed by atoms with van der Waals surface area (Å²) in [5.41, 5.74) is -1.60. The molecule has 12 atom stereocenters. The molecule has 0 aromatic heterocycles. The minimum Gasteiger partial charge on any atom is -0.393 e. The number of Topliss-reactive ketones (excluding diaryl/α,β-unsaturated/α-hetero) is 1. The molecule has 0 amide bonds. The van der Waals surface area contributed by atoms with E-state index in [9.17, 15) is 15.0 Å². The molecular weight excluding hydrogens is 404 g/mol. The van der Waals surface area contributed by atoms with E-state index in [0.717, 1.165) is 38.7 Å². The number of rotatable bonds is 0. The quantitative estimate of drug-likeness (QED) is 0.586. The number of hydrogen-bond donors (Lipinski definition) is 2. The van der Waals surface area contributed by atoms with Crippen LogP contribution in [0.15, 0.2) is 0 Å². The van der Waals surface area contributed by atoms with Crippen molar-refractivity contribution in [2.75, 3.05) is 6.61 Å². The highest BCUT2D eigenvalue weighted by Crippen LogP contribution is 2.71. The lowest BCUT2D eigenvalue weighted by atomic mass is 9.42. The van der Waals surface area contributed by atoms with Crippen LogP contribution >= 0.6 is 0 Å². The van der Waals surface area contributed by atoms with Crippen LogP contribution in [-0.2, 0) is 14.3 Å². The van der Waals surface area contributed by atoms with Gasteiger partial charge in [0.1, 0.15) is 5.60 Å². The van der Waals surface area contributed by atoms with E-state index in [1.165, 1.54) is 6.42 Å². The number of carbonyl (C=O) groups is 1. The third kappa shape index (κ3) is 2.58. The summed E-state index contributed by atoms with van der Waals surface area (Å²) in [6.45, 7) is 10.0. The Bertz CT molecular complexity index is 804. The molecule has 6 fully saturated rings. The third-order valence-corrected chi connectivity index (χ3v) is 11.9. The van der Waals surface area contributed by atoms with Crippen molar-refractivity contribution in [1.29, 1.82) is 0 Å². The van der Waals surface area contributed by atoms with Gasteiger partial charge in [-0.25, -0.2) is 0 Å². The van der Waals surface area contributed by atoms with E-state index in [2.05, 4.69) is 27.7 Å². The van der Waals surface area contributed by atoms with Crippen LogP contribution in [0, 0.1) is 46.3 Å². The molecule has 1 unspecified atom stereocenters. The van der Waals surface area contributed by atoms with Crippen molar-refractivity contribution >= 4 is 5.78 Å². The molecule has 5 nitrogen and oxygen atoms in total. The fraction of sp³-hybridized carbons (Fsp3) is 0.963. The molecule has 6 rings (SSSR count). The first-order valence-electron chi connectivity index (χ1n) is 13.3. The summed E-state index contributed by atoms with van der Waals surface area (Å²) in [7, 11) is 0. The Morgan fingerprint density at radius 1 is 1.03 bits per heavy atom. The Kier molecular flexibility index (Phi) is 4.68. The summed E-state index contributed by atoms with van der Waals surface area (Å²) in [4.78, 5) is 13.4. The molecule has 2 N–H and O–H groups in total. The fourth-order valence-electron chi connectivity index (χ4n) is 10.0. The second-order valence-corrected chi connectivity index (χ2v) is 13.2. The molecule has 6 aliphatic rings. The standard InChI is InChI=1S/C27H42O5/c1-15-5-10-27(31-14-15)16(2)23-21(32-27)12-20-18-11-22(29)26(30)13-17(28)6-9-25(26,4)19(18)7-8-24(20,23)3/h15-21,23,28,30H,5-14H2,1-4H3/t15?,16-,17+,18+,19-,20-,21-,23-,24-,25+,26-,27+/m0/s1. The maximum atomic E-state index is 13.4. The van der Waals surface area contributed by atoms with Crippen molar-refractivity contribution in [3.8, 4) is 0 Å². The largest absolute Gasteiger partial charge is 0.393 e. The predicted molar refractivity (Wildman–Crippen MR) is 120 cm³/mol. The summed E-state index contributed by atoms with van der Waals surface area (Å²) in [5.74, 6) is 2.20. The smallest absolute Gasteiger partial charge is 0.171 e. The van der Waals surface area contributed by atoms with Gasteiger partial charge in [-0.3, -0.25) is 4.79 Å². The van der Waals surface area contributed by atoms with Gasteiger partial charge >= 0.3 is 0 Å². The van der Waals surface area contributed by atoms with Crippen LogP contribution in [0.4, 0.5) is 0 Å². The molecule has 4 saturated carbocycles. The highest BCUT2D eigenvalue weighted by Gasteiger charge is 2.72. The van der Waals surface area contributed by atoms with Crippen molar-refractivity contribution in [2.45, 2.75) is 109 Å². The number of hydrogen-bond acceptors (Lipinski definition) is 5. The molecule has 0 aromatic rings. The molecule has 32 heavy (non-hydrogen) atoms. The lowest BCUT2D eigenvalue weighted by molar-refractivity contribution is -0.273. The van der Waals surface area contributed by atoms with Crippen molar-refractivity contribution in [2.24, 2.45) is 46.3 Å². The number of carbonyl (C=O) groups excluding carboxylic acids is 1. The molecule has 0 bridgehead atoms. The fourth-order valence-corrected chi connectivity index (χ4v) is 10.0. The molecule has 0 aromatic carbocycles. The first-order chi connectivity index (χ1) is 15.0. The van der Waals surface area contributed by atoms with Crippen LogP contribution in [0.25, 0.3) is 0 Å². The Labute approximate surface area is 192 Å². The molecule has 4 aliphatic carbocycles. The van der Waals surface area contributed by atoms with E-state index in [-0.39, 0.29) is 23.7 Å². The highest BCUT2D eigenvalue weighted by atomic mass is 16.7. The number of fused-ring (bicyclic) bond motifs is 7. The van der Waals surface area contributed by atoms with Gasteiger partial charge in [0.05, 0.1) is 18.8 Å². The maximum Gasteiger partial charge on any atom is 0.171 e. The summed E-state index contributed by atoms with van der Waals surface area (Å²) in [6.07, 6.45) is 7.21. The van der Waals surface area contributed by atoms with E-state index in [0.29, 0.717) is 48.3 Å². The highest BCUT2D eigenvalue weighted by molar-refractivity contribution is 5.89. The van der Waals surface area contributed by atoms with Gasteiger partial charge in [-0.05, 0) is 73.5 Å². The maximum absolute atomic E-state index is 13.4.